The first kappa shape index (κ1) is 15.6. The Bertz CT molecular complexity index is 688. The standard InChI is InChI=1S/C14H13F2N3O3/c1-14(15,16)13-18-10(17)9(12(20)21-2)11(19-13)22-8-6-4-3-5-7-8/h3-7H,1-2H3,(H2,17,18,19). The normalized spacial score (nSPS) is 11.1. The van der Waals surface area contributed by atoms with Crippen molar-refractivity contribution in [2.24, 2.45) is 0 Å². The second kappa shape index (κ2) is 5.92. The van der Waals surface area contributed by atoms with Crippen LogP contribution in [0.15, 0.2) is 30.3 Å². The molecule has 0 saturated heterocycles. The van der Waals surface area contributed by atoms with E-state index in [2.05, 4.69) is 14.7 Å². The number of hydrogen-bond donors (Lipinski definition) is 1. The van der Waals surface area contributed by atoms with Gasteiger partial charge in [0.15, 0.2) is 5.56 Å². The molecule has 22 heavy (non-hydrogen) atoms. The van der Waals surface area contributed by atoms with Crippen molar-refractivity contribution in [1.82, 2.24) is 9.97 Å². The Hall–Kier alpha value is -2.77. The van der Waals surface area contributed by atoms with Crippen molar-refractivity contribution in [2.45, 2.75) is 12.8 Å². The topological polar surface area (TPSA) is 87.3 Å². The third-order valence-electron chi connectivity index (χ3n) is 2.64. The Morgan fingerprint density at radius 2 is 1.86 bits per heavy atom. The summed E-state index contributed by atoms with van der Waals surface area (Å²) in [6.07, 6.45) is 0. The quantitative estimate of drug-likeness (QED) is 0.874. The van der Waals surface area contributed by atoms with Crippen LogP contribution in [0.3, 0.4) is 0 Å². The summed E-state index contributed by atoms with van der Waals surface area (Å²) in [5, 5.41) is 0. The van der Waals surface area contributed by atoms with Gasteiger partial charge in [0.1, 0.15) is 11.6 Å². The number of carbonyl (C=O) groups excluding carboxylic acids is 1. The van der Waals surface area contributed by atoms with E-state index in [4.69, 9.17) is 10.5 Å². The molecule has 0 bridgehead atoms. The number of anilines is 1. The lowest BCUT2D eigenvalue weighted by Gasteiger charge is -2.14. The summed E-state index contributed by atoms with van der Waals surface area (Å²) in [7, 11) is 1.12. The van der Waals surface area contributed by atoms with E-state index < -0.39 is 23.5 Å². The van der Waals surface area contributed by atoms with Crippen LogP contribution in [-0.4, -0.2) is 23.0 Å². The molecule has 0 amide bonds. The lowest BCUT2D eigenvalue weighted by molar-refractivity contribution is 0.00715. The molecule has 6 nitrogen and oxygen atoms in total. The highest BCUT2D eigenvalue weighted by molar-refractivity contribution is 5.96. The number of nitrogens with two attached hydrogens (primary N) is 1. The van der Waals surface area contributed by atoms with Gasteiger partial charge in [0.05, 0.1) is 7.11 Å². The van der Waals surface area contributed by atoms with Gasteiger partial charge in [-0.3, -0.25) is 0 Å². The maximum Gasteiger partial charge on any atom is 0.347 e. The van der Waals surface area contributed by atoms with Crippen molar-refractivity contribution in [1.29, 1.82) is 0 Å². The van der Waals surface area contributed by atoms with Crippen molar-refractivity contribution >= 4 is 11.8 Å². The molecule has 0 aliphatic rings. The van der Waals surface area contributed by atoms with Gasteiger partial charge in [-0.2, -0.15) is 13.8 Å². The fourth-order valence-electron chi connectivity index (χ4n) is 1.62. The molecule has 0 unspecified atom stereocenters. The predicted molar refractivity (Wildman–Crippen MR) is 73.9 cm³/mol. The van der Waals surface area contributed by atoms with E-state index in [-0.39, 0.29) is 11.4 Å². The number of ether oxygens (including phenoxy) is 2. The smallest absolute Gasteiger partial charge is 0.347 e. The van der Waals surface area contributed by atoms with Crippen molar-refractivity contribution in [2.75, 3.05) is 12.8 Å². The molecule has 0 spiro atoms. The average Bonchev–Trinajstić information content (AvgIpc) is 2.46. The molecule has 0 atom stereocenters. The summed E-state index contributed by atoms with van der Waals surface area (Å²) in [6, 6.07) is 8.24. The monoisotopic (exact) mass is 309 g/mol. The SMILES string of the molecule is COC(=O)c1c(N)nc(C(C)(F)F)nc1Oc1ccccc1. The number of hydrogen-bond acceptors (Lipinski definition) is 6. The van der Waals surface area contributed by atoms with E-state index >= 15 is 0 Å². The van der Waals surface area contributed by atoms with Gasteiger partial charge in [0, 0.05) is 6.92 Å². The number of nitrogen functional groups attached to an aromatic ring is 1. The summed E-state index contributed by atoms with van der Waals surface area (Å²) in [5.41, 5.74) is 5.28. The van der Waals surface area contributed by atoms with E-state index in [9.17, 15) is 13.6 Å². The van der Waals surface area contributed by atoms with E-state index in [1.807, 2.05) is 0 Å². The van der Waals surface area contributed by atoms with E-state index in [1.54, 1.807) is 30.3 Å². The zero-order valence-electron chi connectivity index (χ0n) is 11.8. The fraction of sp³-hybridized carbons (Fsp3) is 0.214. The molecule has 2 rings (SSSR count). The largest absolute Gasteiger partial charge is 0.465 e. The molecule has 1 aromatic heterocycles. The minimum Gasteiger partial charge on any atom is -0.465 e. The lowest BCUT2D eigenvalue weighted by Crippen LogP contribution is -2.18. The van der Waals surface area contributed by atoms with Crippen LogP contribution in [0.2, 0.25) is 0 Å². The number of methoxy groups -OCH3 is 1. The summed E-state index contributed by atoms with van der Waals surface area (Å²) in [4.78, 5) is 18.8. The van der Waals surface area contributed by atoms with Crippen LogP contribution in [0.25, 0.3) is 0 Å². The Kier molecular flexibility index (Phi) is 4.20. The molecule has 0 saturated carbocycles. The van der Waals surface area contributed by atoms with Crippen LogP contribution in [-0.2, 0) is 10.7 Å². The van der Waals surface area contributed by atoms with Gasteiger partial charge in [-0.05, 0) is 12.1 Å². The Balaban J connectivity index is 2.56. The van der Waals surface area contributed by atoms with Gasteiger partial charge in [-0.15, -0.1) is 0 Å². The van der Waals surface area contributed by atoms with Crippen molar-refractivity contribution < 1.29 is 23.0 Å². The van der Waals surface area contributed by atoms with Crippen molar-refractivity contribution in [3.63, 3.8) is 0 Å². The van der Waals surface area contributed by atoms with E-state index in [1.165, 1.54) is 0 Å². The molecule has 2 aromatic rings. The second-order valence-electron chi connectivity index (χ2n) is 4.41. The zero-order chi connectivity index (χ0) is 16.3. The summed E-state index contributed by atoms with van der Waals surface area (Å²) < 4.78 is 36.8. The van der Waals surface area contributed by atoms with Gasteiger partial charge in [-0.1, -0.05) is 18.2 Å². The van der Waals surface area contributed by atoms with Crippen molar-refractivity contribution in [3.05, 3.63) is 41.7 Å². The highest BCUT2D eigenvalue weighted by Gasteiger charge is 2.32. The first-order valence-corrected chi connectivity index (χ1v) is 6.20. The number of carbonyl (C=O) groups is 1. The van der Waals surface area contributed by atoms with Crippen molar-refractivity contribution in [3.8, 4) is 11.6 Å². The van der Waals surface area contributed by atoms with Gasteiger partial charge in [0.2, 0.25) is 11.7 Å². The van der Waals surface area contributed by atoms with Crippen LogP contribution in [0.1, 0.15) is 23.1 Å². The number of halogens is 2. The molecule has 1 aromatic carbocycles. The first-order valence-electron chi connectivity index (χ1n) is 6.20. The van der Waals surface area contributed by atoms with Gasteiger partial charge >= 0.3 is 11.9 Å². The summed E-state index contributed by atoms with van der Waals surface area (Å²) in [6.45, 7) is 0.617. The van der Waals surface area contributed by atoms with E-state index in [0.29, 0.717) is 12.7 Å². The zero-order valence-corrected chi connectivity index (χ0v) is 11.8. The van der Waals surface area contributed by atoms with Gasteiger partial charge < -0.3 is 15.2 Å². The number of rotatable bonds is 4. The molecule has 0 fully saturated rings. The minimum absolute atomic E-state index is 0.302. The predicted octanol–water partition coefficient (Wildman–Crippen LogP) is 2.75. The molecule has 1 heterocycles. The maximum absolute atomic E-state index is 13.4. The molecule has 8 heteroatoms. The minimum atomic E-state index is -3.34. The maximum atomic E-state index is 13.4. The number of nitrogens with zero attached hydrogens (tertiary/aromatic N) is 2. The van der Waals surface area contributed by atoms with Crippen LogP contribution in [0, 0.1) is 0 Å². The molecule has 0 aliphatic carbocycles. The number of esters is 1. The number of aromatic nitrogens is 2. The molecule has 2 N–H and O–H groups in total. The van der Waals surface area contributed by atoms with E-state index in [0.717, 1.165) is 7.11 Å². The third-order valence-corrected chi connectivity index (χ3v) is 2.64. The molecule has 0 aliphatic heterocycles. The van der Waals surface area contributed by atoms with Crippen LogP contribution >= 0.6 is 0 Å². The fourth-order valence-corrected chi connectivity index (χ4v) is 1.62. The highest BCUT2D eigenvalue weighted by atomic mass is 19.3. The lowest BCUT2D eigenvalue weighted by atomic mass is 10.2. The Morgan fingerprint density at radius 3 is 2.41 bits per heavy atom. The summed E-state index contributed by atoms with van der Waals surface area (Å²) >= 11 is 0. The molecule has 116 valence electrons. The second-order valence-corrected chi connectivity index (χ2v) is 4.41. The van der Waals surface area contributed by atoms with Crippen LogP contribution < -0.4 is 10.5 Å². The molecular formula is C14H13F2N3O3. The average molecular weight is 309 g/mol. The number of benzene rings is 1. The number of para-hydroxylation sites is 1. The third kappa shape index (κ3) is 3.27. The van der Waals surface area contributed by atoms with Gasteiger partial charge in [-0.25, -0.2) is 9.78 Å². The number of alkyl halides is 2. The Morgan fingerprint density at radius 1 is 1.23 bits per heavy atom. The molecular weight excluding hydrogens is 296 g/mol. The van der Waals surface area contributed by atoms with Crippen LogP contribution in [0.4, 0.5) is 14.6 Å². The highest BCUT2D eigenvalue weighted by Crippen LogP contribution is 2.32. The summed E-state index contributed by atoms with van der Waals surface area (Å²) in [5.74, 6) is -5.59. The van der Waals surface area contributed by atoms with Crippen LogP contribution in [0.5, 0.6) is 11.6 Å². The molecule has 0 radical (unpaired) electrons. The van der Waals surface area contributed by atoms with Gasteiger partial charge in [0.25, 0.3) is 0 Å². The Labute approximate surface area is 124 Å². The first-order chi connectivity index (χ1) is 10.3.